The predicted octanol–water partition coefficient (Wildman–Crippen LogP) is 4.26. The molecule has 0 unspecified atom stereocenters. The summed E-state index contributed by atoms with van der Waals surface area (Å²) in [7, 11) is 0. The largest absolute Gasteiger partial charge is 0.493 e. The third-order valence-corrected chi connectivity index (χ3v) is 4.87. The average molecular weight is 342 g/mol. The summed E-state index contributed by atoms with van der Waals surface area (Å²) < 4.78 is 11.2. The molecule has 0 atom stereocenters. The van der Waals surface area contributed by atoms with E-state index in [9.17, 15) is 4.79 Å². The lowest BCUT2D eigenvalue weighted by atomic mass is 9.90. The van der Waals surface area contributed by atoms with E-state index in [-0.39, 0.29) is 0 Å². The molecule has 5 nitrogen and oxygen atoms in total. The van der Waals surface area contributed by atoms with Gasteiger partial charge in [-0.1, -0.05) is 25.3 Å². The number of pyridine rings is 1. The Balaban J connectivity index is 1.95. The Morgan fingerprint density at radius 3 is 2.76 bits per heavy atom. The van der Waals surface area contributed by atoms with Gasteiger partial charge < -0.3 is 15.2 Å². The Bertz CT molecular complexity index is 767. The average Bonchev–Trinajstić information content (AvgIpc) is 2.60. The summed E-state index contributed by atoms with van der Waals surface area (Å²) in [6, 6.07) is 5.70. The summed E-state index contributed by atoms with van der Waals surface area (Å²) in [6.45, 7) is 4.53. The van der Waals surface area contributed by atoms with Crippen LogP contribution in [0.1, 0.15) is 55.1 Å². The first-order valence-electron chi connectivity index (χ1n) is 9.10. The first kappa shape index (κ1) is 17.5. The molecule has 0 radical (unpaired) electrons. The Kier molecular flexibility index (Phi) is 5.41. The maximum absolute atomic E-state index is 12.3. The summed E-state index contributed by atoms with van der Waals surface area (Å²) in [5, 5.41) is 0.701. The van der Waals surface area contributed by atoms with Crippen molar-refractivity contribution in [3.05, 3.63) is 29.5 Å². The number of nitrogens with zero attached hydrogens (tertiary/aromatic N) is 1. The highest BCUT2D eigenvalue weighted by Gasteiger charge is 2.21. The molecule has 134 valence electrons. The number of nitrogen functional groups attached to an aromatic ring is 1. The van der Waals surface area contributed by atoms with E-state index in [1.54, 1.807) is 13.8 Å². The van der Waals surface area contributed by atoms with Crippen molar-refractivity contribution in [2.24, 2.45) is 5.92 Å². The van der Waals surface area contributed by atoms with Crippen molar-refractivity contribution in [2.75, 3.05) is 18.9 Å². The van der Waals surface area contributed by atoms with Gasteiger partial charge in [0.25, 0.3) is 0 Å². The second-order valence-electron chi connectivity index (χ2n) is 6.67. The van der Waals surface area contributed by atoms with Gasteiger partial charge in [-0.2, -0.15) is 0 Å². The molecule has 1 fully saturated rings. The number of nitrogens with two attached hydrogens (primary N) is 1. The predicted molar refractivity (Wildman–Crippen MR) is 98.9 cm³/mol. The molecule has 0 spiro atoms. The summed E-state index contributed by atoms with van der Waals surface area (Å²) in [5.74, 6) is 0.848. The van der Waals surface area contributed by atoms with Gasteiger partial charge in [-0.15, -0.1) is 0 Å². The highest BCUT2D eigenvalue weighted by atomic mass is 16.5. The van der Waals surface area contributed by atoms with Crippen molar-refractivity contribution < 1.29 is 14.3 Å². The number of benzene rings is 1. The van der Waals surface area contributed by atoms with Crippen LogP contribution in [-0.2, 0) is 4.74 Å². The van der Waals surface area contributed by atoms with Crippen molar-refractivity contribution in [3.8, 4) is 5.75 Å². The van der Waals surface area contributed by atoms with Gasteiger partial charge in [-0.05, 0) is 44.7 Å². The molecule has 1 heterocycles. The zero-order valence-corrected chi connectivity index (χ0v) is 15.0. The van der Waals surface area contributed by atoms with Crippen molar-refractivity contribution in [1.29, 1.82) is 0 Å². The fraction of sp³-hybridized carbons (Fsp3) is 0.500. The lowest BCUT2D eigenvalue weighted by Crippen LogP contribution is -2.16. The minimum absolute atomic E-state index is 0.301. The van der Waals surface area contributed by atoms with Gasteiger partial charge in [-0.25, -0.2) is 4.79 Å². The van der Waals surface area contributed by atoms with E-state index in [2.05, 4.69) is 4.98 Å². The quantitative estimate of drug-likeness (QED) is 0.822. The van der Waals surface area contributed by atoms with Crippen molar-refractivity contribution in [1.82, 2.24) is 4.98 Å². The Labute approximate surface area is 148 Å². The van der Waals surface area contributed by atoms with Crippen molar-refractivity contribution in [2.45, 2.75) is 46.0 Å². The van der Waals surface area contributed by atoms with Crippen LogP contribution < -0.4 is 10.5 Å². The van der Waals surface area contributed by atoms with E-state index in [4.69, 9.17) is 15.2 Å². The number of esters is 1. The van der Waals surface area contributed by atoms with Crippen LogP contribution in [0.3, 0.4) is 0 Å². The number of aromatic nitrogens is 1. The summed E-state index contributed by atoms with van der Waals surface area (Å²) in [6.07, 6.45) is 6.31. The number of rotatable bonds is 5. The Hall–Kier alpha value is -2.30. The molecule has 1 aromatic carbocycles. The van der Waals surface area contributed by atoms with Gasteiger partial charge in [-0.3, -0.25) is 4.98 Å². The van der Waals surface area contributed by atoms with Crippen LogP contribution in [-0.4, -0.2) is 24.2 Å². The molecular weight excluding hydrogens is 316 g/mol. The monoisotopic (exact) mass is 342 g/mol. The Morgan fingerprint density at radius 2 is 2.04 bits per heavy atom. The molecule has 0 aliphatic heterocycles. The lowest BCUT2D eigenvalue weighted by Gasteiger charge is -2.22. The molecule has 0 saturated heterocycles. The second kappa shape index (κ2) is 7.72. The molecule has 0 amide bonds. The molecule has 1 aliphatic carbocycles. The molecule has 2 aromatic rings. The number of ether oxygens (including phenoxy) is 2. The number of carbonyl (C=O) groups is 1. The van der Waals surface area contributed by atoms with E-state index in [1.807, 2.05) is 18.2 Å². The Morgan fingerprint density at radius 1 is 1.28 bits per heavy atom. The van der Waals surface area contributed by atoms with Gasteiger partial charge >= 0.3 is 5.97 Å². The zero-order chi connectivity index (χ0) is 17.8. The standard InChI is InChI=1S/C20H26N2O3/c1-3-24-20(23)17-13(2)22-15-10-7-11-16(18(15)19(17)21)25-12-14-8-5-4-6-9-14/h7,10-11,14H,3-6,8-9,12H2,1-2H3,(H2,21,22). The van der Waals surface area contributed by atoms with Crippen molar-refractivity contribution >= 4 is 22.6 Å². The first-order valence-corrected chi connectivity index (χ1v) is 9.10. The number of aryl methyl sites for hydroxylation is 1. The summed E-state index contributed by atoms with van der Waals surface area (Å²) >= 11 is 0. The van der Waals surface area contributed by atoms with Crippen LogP contribution in [0.4, 0.5) is 5.69 Å². The molecule has 1 saturated carbocycles. The van der Waals surface area contributed by atoms with Gasteiger partial charge in [0.2, 0.25) is 0 Å². The van der Waals surface area contributed by atoms with Gasteiger partial charge in [0.05, 0.1) is 35.5 Å². The summed E-state index contributed by atoms with van der Waals surface area (Å²) in [5.41, 5.74) is 8.38. The number of fused-ring (bicyclic) bond motifs is 1. The van der Waals surface area contributed by atoms with Gasteiger partial charge in [0.1, 0.15) is 11.3 Å². The van der Waals surface area contributed by atoms with Gasteiger partial charge in [0, 0.05) is 0 Å². The van der Waals surface area contributed by atoms with E-state index in [0.29, 0.717) is 47.2 Å². The van der Waals surface area contributed by atoms with Crippen LogP contribution in [0, 0.1) is 12.8 Å². The fourth-order valence-corrected chi connectivity index (χ4v) is 3.58. The number of hydrogen-bond acceptors (Lipinski definition) is 5. The van der Waals surface area contributed by atoms with Gasteiger partial charge in [0.15, 0.2) is 0 Å². The van der Waals surface area contributed by atoms with E-state index >= 15 is 0 Å². The molecule has 1 aromatic heterocycles. The third kappa shape index (κ3) is 3.70. The highest BCUT2D eigenvalue weighted by molar-refractivity contribution is 6.07. The zero-order valence-electron chi connectivity index (χ0n) is 15.0. The van der Waals surface area contributed by atoms with Crippen LogP contribution in [0.2, 0.25) is 0 Å². The first-order chi connectivity index (χ1) is 12.1. The van der Waals surface area contributed by atoms with Crippen LogP contribution in [0.15, 0.2) is 18.2 Å². The normalized spacial score (nSPS) is 15.3. The SMILES string of the molecule is CCOC(=O)c1c(C)nc2cccc(OCC3CCCCC3)c2c1N. The van der Waals surface area contributed by atoms with E-state index < -0.39 is 5.97 Å². The maximum atomic E-state index is 12.3. The minimum atomic E-state index is -0.436. The molecule has 25 heavy (non-hydrogen) atoms. The molecular formula is C20H26N2O3. The van der Waals surface area contributed by atoms with Crippen LogP contribution in [0.25, 0.3) is 10.9 Å². The highest BCUT2D eigenvalue weighted by Crippen LogP contribution is 2.34. The molecule has 2 N–H and O–H groups in total. The molecule has 1 aliphatic rings. The second-order valence-corrected chi connectivity index (χ2v) is 6.67. The maximum Gasteiger partial charge on any atom is 0.342 e. The smallest absolute Gasteiger partial charge is 0.342 e. The molecule has 3 rings (SSSR count). The number of hydrogen-bond donors (Lipinski definition) is 1. The van der Waals surface area contributed by atoms with Crippen LogP contribution >= 0.6 is 0 Å². The van der Waals surface area contributed by atoms with E-state index in [1.165, 1.54) is 32.1 Å². The van der Waals surface area contributed by atoms with Crippen molar-refractivity contribution in [3.63, 3.8) is 0 Å². The fourth-order valence-electron chi connectivity index (χ4n) is 3.58. The van der Waals surface area contributed by atoms with E-state index in [0.717, 1.165) is 5.52 Å². The number of anilines is 1. The van der Waals surface area contributed by atoms with Crippen LogP contribution in [0.5, 0.6) is 5.75 Å². The summed E-state index contributed by atoms with van der Waals surface area (Å²) in [4.78, 5) is 16.8. The molecule has 5 heteroatoms. The minimum Gasteiger partial charge on any atom is -0.493 e. The topological polar surface area (TPSA) is 74.4 Å². The number of carbonyl (C=O) groups excluding carboxylic acids is 1. The lowest BCUT2D eigenvalue weighted by molar-refractivity contribution is 0.0526. The molecule has 0 bridgehead atoms. The third-order valence-electron chi connectivity index (χ3n) is 4.87.